The Kier molecular flexibility index (Phi) is 6.83. The molecule has 0 aliphatic carbocycles. The summed E-state index contributed by atoms with van der Waals surface area (Å²) in [6.07, 6.45) is -4.71. The van der Waals surface area contributed by atoms with E-state index in [9.17, 15) is 27.6 Å². The Bertz CT molecular complexity index is 576. The van der Waals surface area contributed by atoms with Gasteiger partial charge in [0.2, 0.25) is 0 Å². The molecule has 0 fully saturated rings. The molecule has 0 radical (unpaired) electrons. The lowest BCUT2D eigenvalue weighted by Crippen LogP contribution is -2.44. The molecule has 1 aromatic rings. The molecule has 0 aromatic heterocycles. The van der Waals surface area contributed by atoms with Crippen LogP contribution in [-0.2, 0) is 20.7 Å². The van der Waals surface area contributed by atoms with Gasteiger partial charge < -0.3 is 10.1 Å². The van der Waals surface area contributed by atoms with Gasteiger partial charge in [0.05, 0.1) is 6.42 Å². The van der Waals surface area contributed by atoms with Crippen molar-refractivity contribution < 1.29 is 32.3 Å². The van der Waals surface area contributed by atoms with E-state index in [1.54, 1.807) is 29.6 Å². The van der Waals surface area contributed by atoms with E-state index in [4.69, 9.17) is 11.6 Å². The number of esters is 1. The second kappa shape index (κ2) is 8.37. The van der Waals surface area contributed by atoms with Crippen LogP contribution in [0.3, 0.4) is 0 Å². The van der Waals surface area contributed by atoms with Gasteiger partial charge >= 0.3 is 18.2 Å². The average molecular weight is 353 g/mol. The van der Waals surface area contributed by atoms with Gasteiger partial charge in [-0.15, -0.1) is 0 Å². The summed E-state index contributed by atoms with van der Waals surface area (Å²) in [6.45, 7) is -2.37. The van der Waals surface area contributed by atoms with Crippen LogP contribution in [-0.4, -0.2) is 37.2 Å². The van der Waals surface area contributed by atoms with Crippen molar-refractivity contribution in [2.45, 2.75) is 12.6 Å². The van der Waals surface area contributed by atoms with Crippen LogP contribution in [0.15, 0.2) is 24.3 Å². The summed E-state index contributed by atoms with van der Waals surface area (Å²) in [5.74, 6) is -1.78. The van der Waals surface area contributed by atoms with Crippen molar-refractivity contribution in [3.63, 3.8) is 0 Å². The third-order valence-electron chi connectivity index (χ3n) is 2.33. The van der Waals surface area contributed by atoms with Gasteiger partial charge in [0.25, 0.3) is 5.91 Å². The van der Waals surface area contributed by atoms with Crippen LogP contribution in [0.25, 0.3) is 0 Å². The summed E-state index contributed by atoms with van der Waals surface area (Å²) >= 11 is 5.68. The van der Waals surface area contributed by atoms with Crippen molar-refractivity contribution in [3.8, 4) is 0 Å². The highest BCUT2D eigenvalue weighted by Crippen LogP contribution is 2.12. The molecular formula is C13H12ClF3N2O4. The first-order valence-corrected chi connectivity index (χ1v) is 6.58. The van der Waals surface area contributed by atoms with E-state index in [-0.39, 0.29) is 6.42 Å². The number of ether oxygens (including phenoxy) is 1. The second-order valence-electron chi connectivity index (χ2n) is 4.31. The molecule has 0 aliphatic rings. The quantitative estimate of drug-likeness (QED) is 0.792. The van der Waals surface area contributed by atoms with Crippen molar-refractivity contribution in [3.05, 3.63) is 34.9 Å². The molecule has 0 saturated carbocycles. The Morgan fingerprint density at radius 1 is 1.13 bits per heavy atom. The van der Waals surface area contributed by atoms with Crippen molar-refractivity contribution in [1.29, 1.82) is 0 Å². The lowest BCUT2D eigenvalue weighted by Gasteiger charge is -2.09. The lowest BCUT2D eigenvalue weighted by molar-refractivity contribution is -0.147. The normalized spacial score (nSPS) is 10.8. The number of hydrogen-bond donors (Lipinski definition) is 2. The average Bonchev–Trinajstić information content (AvgIpc) is 2.45. The van der Waals surface area contributed by atoms with E-state index in [2.05, 4.69) is 4.74 Å². The van der Waals surface area contributed by atoms with Gasteiger partial charge in [-0.25, -0.2) is 4.79 Å². The molecule has 6 nitrogen and oxygen atoms in total. The molecule has 2 N–H and O–H groups in total. The maximum atomic E-state index is 11.8. The van der Waals surface area contributed by atoms with E-state index < -0.39 is 37.2 Å². The van der Waals surface area contributed by atoms with Crippen LogP contribution in [0, 0.1) is 0 Å². The van der Waals surface area contributed by atoms with Gasteiger partial charge in [-0.3, -0.25) is 14.9 Å². The zero-order valence-corrected chi connectivity index (χ0v) is 12.3. The first-order valence-electron chi connectivity index (χ1n) is 6.20. The van der Waals surface area contributed by atoms with Gasteiger partial charge in [-0.1, -0.05) is 23.7 Å². The Hall–Kier alpha value is -2.29. The number of nitrogens with one attached hydrogen (secondary N) is 2. The van der Waals surface area contributed by atoms with Crippen LogP contribution >= 0.6 is 11.6 Å². The predicted octanol–water partition coefficient (Wildman–Crippen LogP) is 1.81. The zero-order valence-electron chi connectivity index (χ0n) is 11.6. The fourth-order valence-corrected chi connectivity index (χ4v) is 1.48. The molecule has 126 valence electrons. The molecule has 3 amide bonds. The maximum absolute atomic E-state index is 11.8. The second-order valence-corrected chi connectivity index (χ2v) is 4.75. The van der Waals surface area contributed by atoms with E-state index in [1.165, 1.54) is 5.32 Å². The summed E-state index contributed by atoms with van der Waals surface area (Å²) in [5.41, 5.74) is 0.600. The van der Waals surface area contributed by atoms with Crippen LogP contribution < -0.4 is 10.6 Å². The largest absolute Gasteiger partial charge is 0.455 e. The number of urea groups is 1. The Labute approximate surface area is 133 Å². The highest BCUT2D eigenvalue weighted by atomic mass is 35.5. The summed E-state index contributed by atoms with van der Waals surface area (Å²) in [4.78, 5) is 33.7. The monoisotopic (exact) mass is 352 g/mol. The van der Waals surface area contributed by atoms with Crippen LogP contribution in [0.1, 0.15) is 5.56 Å². The molecule has 0 atom stereocenters. The van der Waals surface area contributed by atoms with E-state index in [0.29, 0.717) is 10.6 Å². The minimum absolute atomic E-state index is 0.120. The first kappa shape index (κ1) is 18.8. The smallest absolute Gasteiger partial charge is 0.405 e. The number of alkyl halides is 3. The SMILES string of the molecule is O=C(COC(=O)Cc1ccc(Cl)cc1)NC(=O)NCC(F)(F)F. The van der Waals surface area contributed by atoms with Gasteiger partial charge in [0, 0.05) is 5.02 Å². The third-order valence-corrected chi connectivity index (χ3v) is 2.58. The van der Waals surface area contributed by atoms with Crippen molar-refractivity contribution in [2.24, 2.45) is 0 Å². The Balaban J connectivity index is 2.28. The van der Waals surface area contributed by atoms with Crippen LogP contribution in [0.4, 0.5) is 18.0 Å². The fourth-order valence-electron chi connectivity index (χ4n) is 1.35. The molecule has 0 heterocycles. The molecule has 0 unspecified atom stereocenters. The minimum Gasteiger partial charge on any atom is -0.455 e. The van der Waals surface area contributed by atoms with Gasteiger partial charge in [0.1, 0.15) is 6.54 Å². The molecule has 0 saturated heterocycles. The summed E-state index contributed by atoms with van der Waals surface area (Å²) < 4.78 is 40.1. The van der Waals surface area contributed by atoms with Crippen LogP contribution in [0.2, 0.25) is 5.02 Å². The maximum Gasteiger partial charge on any atom is 0.405 e. The van der Waals surface area contributed by atoms with E-state index in [0.717, 1.165) is 0 Å². The number of imide groups is 1. The van der Waals surface area contributed by atoms with Crippen molar-refractivity contribution in [1.82, 2.24) is 10.6 Å². The fraction of sp³-hybridized carbons (Fsp3) is 0.308. The van der Waals surface area contributed by atoms with Gasteiger partial charge in [0.15, 0.2) is 6.61 Å². The molecule has 0 spiro atoms. The molecular weight excluding hydrogens is 341 g/mol. The number of halogens is 4. The van der Waals surface area contributed by atoms with Crippen LogP contribution in [0.5, 0.6) is 0 Å². The number of carbonyl (C=O) groups excluding carboxylic acids is 3. The number of hydrogen-bond acceptors (Lipinski definition) is 4. The van der Waals surface area contributed by atoms with E-state index in [1.807, 2.05) is 0 Å². The van der Waals surface area contributed by atoms with Crippen molar-refractivity contribution >= 4 is 29.5 Å². The molecule has 1 rings (SSSR count). The Morgan fingerprint density at radius 2 is 1.74 bits per heavy atom. The standard InChI is InChI=1S/C13H12ClF3N2O4/c14-9-3-1-8(2-4-9)5-11(21)23-6-10(20)19-12(22)18-7-13(15,16)17/h1-4H,5-7H2,(H2,18,19,20,22). The lowest BCUT2D eigenvalue weighted by atomic mass is 10.1. The number of benzene rings is 1. The highest BCUT2D eigenvalue weighted by Gasteiger charge is 2.28. The number of rotatable bonds is 5. The number of amides is 3. The predicted molar refractivity (Wildman–Crippen MR) is 73.7 cm³/mol. The molecule has 1 aromatic carbocycles. The molecule has 0 bridgehead atoms. The summed E-state index contributed by atoms with van der Waals surface area (Å²) in [5, 5.41) is 3.52. The topological polar surface area (TPSA) is 84.5 Å². The first-order chi connectivity index (χ1) is 10.7. The summed E-state index contributed by atoms with van der Waals surface area (Å²) in [6, 6.07) is 4.99. The zero-order chi connectivity index (χ0) is 17.5. The minimum atomic E-state index is -4.59. The number of carbonyl (C=O) groups is 3. The van der Waals surface area contributed by atoms with Gasteiger partial charge in [-0.2, -0.15) is 13.2 Å². The van der Waals surface area contributed by atoms with Gasteiger partial charge in [-0.05, 0) is 17.7 Å². The Morgan fingerprint density at radius 3 is 2.30 bits per heavy atom. The van der Waals surface area contributed by atoms with Crippen molar-refractivity contribution in [2.75, 3.05) is 13.2 Å². The molecule has 23 heavy (non-hydrogen) atoms. The third kappa shape index (κ3) is 8.67. The molecule has 10 heteroatoms. The summed E-state index contributed by atoms with van der Waals surface area (Å²) in [7, 11) is 0. The molecule has 0 aliphatic heterocycles. The van der Waals surface area contributed by atoms with E-state index >= 15 is 0 Å². The highest BCUT2D eigenvalue weighted by molar-refractivity contribution is 6.30.